The quantitative estimate of drug-likeness (QED) is 0.520. The van der Waals surface area contributed by atoms with Crippen LogP contribution in [0.2, 0.25) is 0 Å². The van der Waals surface area contributed by atoms with Gasteiger partial charge in [-0.2, -0.15) is 11.8 Å². The molecule has 0 aromatic carbocycles. The number of aliphatic hydroxyl groups is 1. The van der Waals surface area contributed by atoms with E-state index < -0.39 is 0 Å². The first kappa shape index (κ1) is 22.8. The summed E-state index contributed by atoms with van der Waals surface area (Å²) in [6, 6.07) is 0. The van der Waals surface area contributed by atoms with Crippen LogP contribution in [0.4, 0.5) is 0 Å². The van der Waals surface area contributed by atoms with Gasteiger partial charge in [-0.15, -0.1) is 0 Å². The second kappa shape index (κ2) is 8.05. The molecule has 2 nitrogen and oxygen atoms in total. The molecule has 0 bridgehead atoms. The number of allylic oxidation sites excluding steroid dienone is 1. The van der Waals surface area contributed by atoms with Crippen LogP contribution in [0.25, 0.3) is 0 Å². The summed E-state index contributed by atoms with van der Waals surface area (Å²) in [5.41, 5.74) is 2.44. The topological polar surface area (TPSA) is 23.5 Å². The van der Waals surface area contributed by atoms with Crippen molar-refractivity contribution in [3.05, 3.63) is 11.6 Å². The number of aliphatic hydroxyl groups excluding tert-OH is 1. The number of thioether (sulfide) groups is 1. The smallest absolute Gasteiger partial charge is 0.0628 e. The minimum atomic E-state index is -0.165. The normalized spacial score (nSPS) is 48.3. The van der Waals surface area contributed by atoms with Gasteiger partial charge >= 0.3 is 0 Å². The van der Waals surface area contributed by atoms with Crippen LogP contribution in [0.3, 0.4) is 0 Å². The maximum Gasteiger partial charge on any atom is 0.0628 e. The molecule has 4 aliphatic carbocycles. The van der Waals surface area contributed by atoms with Crippen molar-refractivity contribution < 1.29 is 5.11 Å². The van der Waals surface area contributed by atoms with E-state index >= 15 is 0 Å². The third kappa shape index (κ3) is 3.50. The van der Waals surface area contributed by atoms with Gasteiger partial charge in [0.2, 0.25) is 0 Å². The summed E-state index contributed by atoms with van der Waals surface area (Å²) in [4.78, 5) is 2.76. The Balaban J connectivity index is 1.36. The van der Waals surface area contributed by atoms with Crippen molar-refractivity contribution in [2.45, 2.75) is 85.7 Å². The zero-order chi connectivity index (χ0) is 22.0. The summed E-state index contributed by atoms with van der Waals surface area (Å²) in [6.45, 7) is 16.4. The lowest BCUT2D eigenvalue weighted by molar-refractivity contribution is -0.0788. The highest BCUT2D eigenvalue weighted by Gasteiger charge is 2.61. The predicted molar refractivity (Wildman–Crippen MR) is 133 cm³/mol. The average Bonchev–Trinajstić information content (AvgIpc) is 3.09. The van der Waals surface area contributed by atoms with Crippen LogP contribution in [0.5, 0.6) is 0 Å². The Kier molecular flexibility index (Phi) is 5.92. The Bertz CT molecular complexity index is 712. The van der Waals surface area contributed by atoms with Gasteiger partial charge in [0, 0.05) is 36.6 Å². The molecule has 4 fully saturated rings. The molecule has 5 aliphatic rings. The van der Waals surface area contributed by atoms with Gasteiger partial charge in [-0.25, -0.2) is 0 Å². The molecule has 0 spiro atoms. The highest BCUT2D eigenvalue weighted by atomic mass is 32.2. The van der Waals surface area contributed by atoms with Crippen LogP contribution in [-0.2, 0) is 0 Å². The highest BCUT2D eigenvalue weighted by Crippen LogP contribution is 2.68. The molecule has 0 aromatic heterocycles. The van der Waals surface area contributed by atoms with E-state index in [2.05, 4.69) is 57.4 Å². The zero-order valence-electron chi connectivity index (χ0n) is 20.8. The number of hydrogen-bond donors (Lipinski definition) is 1. The Morgan fingerprint density at radius 2 is 1.77 bits per heavy atom. The third-order valence-electron chi connectivity index (χ3n) is 11.3. The summed E-state index contributed by atoms with van der Waals surface area (Å²) < 4.78 is 0. The van der Waals surface area contributed by atoms with Gasteiger partial charge in [0.25, 0.3) is 0 Å². The second-order valence-corrected chi connectivity index (χ2v) is 14.3. The Labute approximate surface area is 196 Å². The van der Waals surface area contributed by atoms with Crippen LogP contribution in [0, 0.1) is 45.8 Å². The molecule has 1 heterocycles. The molecular weight excluding hydrogens is 398 g/mol. The first-order valence-corrected chi connectivity index (χ1v) is 14.5. The Morgan fingerprint density at radius 1 is 1.03 bits per heavy atom. The van der Waals surface area contributed by atoms with Crippen molar-refractivity contribution in [3.63, 3.8) is 0 Å². The van der Waals surface area contributed by atoms with Crippen molar-refractivity contribution in [2.24, 2.45) is 45.8 Å². The molecule has 1 aliphatic heterocycles. The van der Waals surface area contributed by atoms with E-state index in [4.69, 9.17) is 0 Å². The van der Waals surface area contributed by atoms with Crippen molar-refractivity contribution in [2.75, 3.05) is 31.1 Å². The number of fused-ring (bicyclic) bond motifs is 5. The van der Waals surface area contributed by atoms with E-state index in [1.807, 2.05) is 0 Å². The van der Waals surface area contributed by atoms with Gasteiger partial charge in [0.1, 0.15) is 0 Å². The van der Waals surface area contributed by atoms with Crippen LogP contribution in [0.1, 0.15) is 79.6 Å². The summed E-state index contributed by atoms with van der Waals surface area (Å²) in [6.07, 6.45) is 11.7. The van der Waals surface area contributed by atoms with Crippen molar-refractivity contribution in [1.82, 2.24) is 4.90 Å². The fourth-order valence-corrected chi connectivity index (χ4v) is 10.7. The van der Waals surface area contributed by atoms with Crippen LogP contribution >= 0.6 is 11.8 Å². The lowest BCUT2D eigenvalue weighted by Crippen LogP contribution is -2.54. The highest BCUT2D eigenvalue weighted by molar-refractivity contribution is 7.99. The Morgan fingerprint density at radius 3 is 2.52 bits per heavy atom. The maximum absolute atomic E-state index is 10.8. The van der Waals surface area contributed by atoms with E-state index in [1.165, 1.54) is 69.7 Å². The number of hydrogen-bond acceptors (Lipinski definition) is 3. The van der Waals surface area contributed by atoms with E-state index in [0.717, 1.165) is 36.0 Å². The molecule has 8 atom stereocenters. The molecule has 0 aromatic rings. The van der Waals surface area contributed by atoms with Gasteiger partial charge in [0.15, 0.2) is 0 Å². The summed E-state index contributed by atoms with van der Waals surface area (Å²) in [5.74, 6) is 7.05. The van der Waals surface area contributed by atoms with E-state index in [0.29, 0.717) is 10.8 Å². The fraction of sp³-hybridized carbons (Fsp3) is 0.929. The largest absolute Gasteiger partial charge is 0.392 e. The van der Waals surface area contributed by atoms with Crippen LogP contribution in [0.15, 0.2) is 11.6 Å². The SMILES string of the molecule is C[C@H](CN1CCSCC1)[C@H]1CC[C@H]2[C@@H]3CC=C4C(C)(C)[C@@H](O)CC[C@]4(C)[C@H]3CC[C@]12C. The number of nitrogens with zero attached hydrogens (tertiary/aromatic N) is 1. The van der Waals surface area contributed by atoms with E-state index in [-0.39, 0.29) is 11.5 Å². The average molecular weight is 446 g/mol. The van der Waals surface area contributed by atoms with Crippen LogP contribution in [-0.4, -0.2) is 47.3 Å². The third-order valence-corrected chi connectivity index (χ3v) is 12.3. The predicted octanol–water partition coefficient (Wildman–Crippen LogP) is 6.25. The molecule has 0 amide bonds. The molecule has 1 saturated heterocycles. The molecule has 0 radical (unpaired) electrons. The molecule has 5 rings (SSSR count). The summed E-state index contributed by atoms with van der Waals surface area (Å²) >= 11 is 2.13. The molecule has 3 saturated carbocycles. The molecule has 0 unspecified atom stereocenters. The standard InChI is InChI=1S/C28H47NOS/c1-19(18-29-14-16-31-17-15-29)21-7-8-22-20-6-9-24-26(2,3)25(30)11-13-28(24,5)23(20)10-12-27(21,22)4/h9,19-23,25,30H,6-8,10-18H2,1-5H3/t19-,20+,21-,22+,23+,25+,27-,28-/m1/s1. The van der Waals surface area contributed by atoms with E-state index in [1.54, 1.807) is 5.57 Å². The van der Waals surface area contributed by atoms with Crippen molar-refractivity contribution >= 4 is 11.8 Å². The van der Waals surface area contributed by atoms with E-state index in [9.17, 15) is 5.11 Å². The molecule has 3 heteroatoms. The number of rotatable bonds is 3. The summed E-state index contributed by atoms with van der Waals surface area (Å²) in [7, 11) is 0. The summed E-state index contributed by atoms with van der Waals surface area (Å²) in [5, 5.41) is 10.8. The molecule has 31 heavy (non-hydrogen) atoms. The molecule has 1 N–H and O–H groups in total. The lowest BCUT2D eigenvalue weighted by Gasteiger charge is -2.61. The van der Waals surface area contributed by atoms with Gasteiger partial charge in [-0.05, 0) is 85.4 Å². The second-order valence-electron chi connectivity index (χ2n) is 13.0. The van der Waals surface area contributed by atoms with Crippen molar-refractivity contribution in [1.29, 1.82) is 0 Å². The maximum atomic E-state index is 10.8. The molecule has 176 valence electrons. The lowest BCUT2D eigenvalue weighted by atomic mass is 9.44. The monoisotopic (exact) mass is 445 g/mol. The first-order chi connectivity index (χ1) is 14.7. The van der Waals surface area contributed by atoms with Gasteiger partial charge in [-0.3, -0.25) is 0 Å². The van der Waals surface area contributed by atoms with Crippen LogP contribution < -0.4 is 0 Å². The zero-order valence-corrected chi connectivity index (χ0v) is 21.6. The van der Waals surface area contributed by atoms with Gasteiger partial charge in [0.05, 0.1) is 6.10 Å². The first-order valence-electron chi connectivity index (χ1n) is 13.4. The van der Waals surface area contributed by atoms with Crippen molar-refractivity contribution in [3.8, 4) is 0 Å². The minimum Gasteiger partial charge on any atom is -0.392 e. The van der Waals surface area contributed by atoms with Gasteiger partial charge in [-0.1, -0.05) is 46.3 Å². The van der Waals surface area contributed by atoms with Gasteiger partial charge < -0.3 is 10.0 Å². The molecular formula is C28H47NOS. The Hall–Kier alpha value is 0.01000. The fourth-order valence-electron chi connectivity index (χ4n) is 9.68. The minimum absolute atomic E-state index is 0.0435.